The quantitative estimate of drug-likeness (QED) is 0.706. The zero-order valence-electron chi connectivity index (χ0n) is 9.34. The monoisotopic (exact) mass is 184 g/mol. The first-order chi connectivity index (χ1) is 6.10. The first-order valence-electron chi connectivity index (χ1n) is 5.55. The highest BCUT2D eigenvalue weighted by Crippen LogP contribution is 2.29. The molecule has 1 aliphatic rings. The third kappa shape index (κ3) is 2.68. The zero-order chi connectivity index (χ0) is 9.90. The van der Waals surface area contributed by atoms with Crippen LogP contribution in [-0.4, -0.2) is 30.1 Å². The minimum atomic E-state index is 0.185. The van der Waals surface area contributed by atoms with Gasteiger partial charge in [-0.15, -0.1) is 0 Å². The van der Waals surface area contributed by atoms with E-state index in [1.165, 1.54) is 25.8 Å². The fourth-order valence-corrected chi connectivity index (χ4v) is 1.92. The summed E-state index contributed by atoms with van der Waals surface area (Å²) in [4.78, 5) is 2.52. The standard InChI is InChI=1S/C11H24N2/c1-4-13(11(2,3)9-12)8-10-6-5-7-10/h10H,4-9,12H2,1-3H3. The second kappa shape index (κ2) is 4.43. The smallest absolute Gasteiger partial charge is 0.0275 e. The molecule has 0 heterocycles. The molecule has 13 heavy (non-hydrogen) atoms. The van der Waals surface area contributed by atoms with Gasteiger partial charge < -0.3 is 5.73 Å². The van der Waals surface area contributed by atoms with Crippen molar-refractivity contribution in [2.24, 2.45) is 11.7 Å². The number of hydrogen-bond acceptors (Lipinski definition) is 2. The van der Waals surface area contributed by atoms with E-state index in [1.54, 1.807) is 0 Å². The van der Waals surface area contributed by atoms with E-state index in [0.29, 0.717) is 0 Å². The maximum atomic E-state index is 5.78. The molecule has 0 aromatic carbocycles. The lowest BCUT2D eigenvalue weighted by Gasteiger charge is -2.41. The van der Waals surface area contributed by atoms with Crippen LogP contribution < -0.4 is 5.73 Å². The zero-order valence-corrected chi connectivity index (χ0v) is 9.34. The number of likely N-dealkylation sites (N-methyl/N-ethyl adjacent to an activating group) is 1. The summed E-state index contributed by atoms with van der Waals surface area (Å²) in [6.07, 6.45) is 4.29. The first kappa shape index (κ1) is 11.0. The van der Waals surface area contributed by atoms with Crippen LogP contribution in [0.3, 0.4) is 0 Å². The number of hydrogen-bond donors (Lipinski definition) is 1. The molecule has 1 aliphatic carbocycles. The average molecular weight is 184 g/mol. The van der Waals surface area contributed by atoms with E-state index in [4.69, 9.17) is 5.73 Å². The van der Waals surface area contributed by atoms with Crippen LogP contribution in [0.15, 0.2) is 0 Å². The predicted octanol–water partition coefficient (Wildman–Crippen LogP) is 1.85. The topological polar surface area (TPSA) is 29.3 Å². The molecular weight excluding hydrogens is 160 g/mol. The minimum absolute atomic E-state index is 0.185. The van der Waals surface area contributed by atoms with E-state index < -0.39 is 0 Å². The Morgan fingerprint density at radius 3 is 2.31 bits per heavy atom. The molecule has 1 fully saturated rings. The van der Waals surface area contributed by atoms with Gasteiger partial charge in [0.2, 0.25) is 0 Å². The lowest BCUT2D eigenvalue weighted by Crippen LogP contribution is -2.51. The van der Waals surface area contributed by atoms with Crippen molar-refractivity contribution in [2.75, 3.05) is 19.6 Å². The Morgan fingerprint density at radius 1 is 1.38 bits per heavy atom. The number of nitrogens with two attached hydrogens (primary N) is 1. The molecule has 0 radical (unpaired) electrons. The van der Waals surface area contributed by atoms with Crippen molar-refractivity contribution >= 4 is 0 Å². The first-order valence-corrected chi connectivity index (χ1v) is 5.55. The molecule has 1 rings (SSSR count). The molecule has 0 aliphatic heterocycles. The van der Waals surface area contributed by atoms with Crippen LogP contribution in [-0.2, 0) is 0 Å². The van der Waals surface area contributed by atoms with Crippen LogP contribution in [0.25, 0.3) is 0 Å². The van der Waals surface area contributed by atoms with E-state index in [0.717, 1.165) is 19.0 Å². The van der Waals surface area contributed by atoms with Gasteiger partial charge >= 0.3 is 0 Å². The van der Waals surface area contributed by atoms with E-state index in [1.807, 2.05) is 0 Å². The van der Waals surface area contributed by atoms with Gasteiger partial charge in [-0.1, -0.05) is 13.3 Å². The second-order valence-corrected chi connectivity index (χ2v) is 4.85. The van der Waals surface area contributed by atoms with Gasteiger partial charge in [0.1, 0.15) is 0 Å². The Balaban J connectivity index is 2.40. The Morgan fingerprint density at radius 2 is 2.00 bits per heavy atom. The molecule has 0 saturated heterocycles. The third-order valence-electron chi connectivity index (χ3n) is 3.44. The molecule has 2 nitrogen and oxygen atoms in total. The van der Waals surface area contributed by atoms with Crippen LogP contribution in [0.1, 0.15) is 40.0 Å². The van der Waals surface area contributed by atoms with Gasteiger partial charge in [-0.05, 0) is 39.2 Å². The van der Waals surface area contributed by atoms with Crippen LogP contribution in [0.4, 0.5) is 0 Å². The Bertz CT molecular complexity index is 150. The summed E-state index contributed by atoms with van der Waals surface area (Å²) in [5.74, 6) is 0.950. The lowest BCUT2D eigenvalue weighted by molar-refractivity contribution is 0.0888. The molecule has 78 valence electrons. The number of rotatable bonds is 5. The van der Waals surface area contributed by atoms with Crippen molar-refractivity contribution in [3.05, 3.63) is 0 Å². The summed E-state index contributed by atoms with van der Waals surface area (Å²) in [6, 6.07) is 0. The third-order valence-corrected chi connectivity index (χ3v) is 3.44. The molecule has 0 atom stereocenters. The van der Waals surface area contributed by atoms with Crippen LogP contribution in [0.5, 0.6) is 0 Å². The molecule has 0 spiro atoms. The van der Waals surface area contributed by atoms with Crippen molar-refractivity contribution in [1.29, 1.82) is 0 Å². The Kier molecular flexibility index (Phi) is 3.74. The highest BCUT2D eigenvalue weighted by molar-refractivity contribution is 4.85. The van der Waals surface area contributed by atoms with E-state index in [9.17, 15) is 0 Å². The van der Waals surface area contributed by atoms with Crippen LogP contribution in [0, 0.1) is 5.92 Å². The average Bonchev–Trinajstić information content (AvgIpc) is 2.02. The molecule has 1 saturated carbocycles. The second-order valence-electron chi connectivity index (χ2n) is 4.85. The number of nitrogens with zero attached hydrogens (tertiary/aromatic N) is 1. The molecule has 0 aromatic heterocycles. The van der Waals surface area contributed by atoms with Crippen molar-refractivity contribution in [3.8, 4) is 0 Å². The normalized spacial score (nSPS) is 19.2. The summed E-state index contributed by atoms with van der Waals surface area (Å²) >= 11 is 0. The van der Waals surface area contributed by atoms with E-state index >= 15 is 0 Å². The molecule has 0 bridgehead atoms. The van der Waals surface area contributed by atoms with Gasteiger partial charge in [-0.3, -0.25) is 4.90 Å². The van der Waals surface area contributed by atoms with Crippen molar-refractivity contribution < 1.29 is 0 Å². The lowest BCUT2D eigenvalue weighted by atomic mass is 9.84. The molecule has 0 unspecified atom stereocenters. The van der Waals surface area contributed by atoms with Gasteiger partial charge in [-0.25, -0.2) is 0 Å². The van der Waals surface area contributed by atoms with Crippen LogP contribution >= 0.6 is 0 Å². The molecule has 2 N–H and O–H groups in total. The molecule has 0 amide bonds. The summed E-state index contributed by atoms with van der Waals surface area (Å²) in [6.45, 7) is 9.86. The highest BCUT2D eigenvalue weighted by Gasteiger charge is 2.28. The summed E-state index contributed by atoms with van der Waals surface area (Å²) in [5.41, 5.74) is 5.96. The fraction of sp³-hybridized carbons (Fsp3) is 1.00. The molecule has 2 heteroatoms. The van der Waals surface area contributed by atoms with Gasteiger partial charge in [0, 0.05) is 18.6 Å². The van der Waals surface area contributed by atoms with Gasteiger partial charge in [0.15, 0.2) is 0 Å². The van der Waals surface area contributed by atoms with Gasteiger partial charge in [0.25, 0.3) is 0 Å². The van der Waals surface area contributed by atoms with Crippen molar-refractivity contribution in [2.45, 2.75) is 45.6 Å². The van der Waals surface area contributed by atoms with Crippen molar-refractivity contribution in [1.82, 2.24) is 4.90 Å². The van der Waals surface area contributed by atoms with Crippen molar-refractivity contribution in [3.63, 3.8) is 0 Å². The van der Waals surface area contributed by atoms with Crippen LogP contribution in [0.2, 0.25) is 0 Å². The SMILES string of the molecule is CCN(CC1CCC1)C(C)(C)CN. The largest absolute Gasteiger partial charge is 0.329 e. The fourth-order valence-electron chi connectivity index (χ4n) is 1.92. The summed E-state index contributed by atoms with van der Waals surface area (Å²) in [7, 11) is 0. The molecular formula is C11H24N2. The summed E-state index contributed by atoms with van der Waals surface area (Å²) in [5, 5.41) is 0. The minimum Gasteiger partial charge on any atom is -0.329 e. The Hall–Kier alpha value is -0.0800. The predicted molar refractivity (Wildman–Crippen MR) is 57.7 cm³/mol. The maximum absolute atomic E-state index is 5.78. The Labute approximate surface area is 82.5 Å². The highest BCUT2D eigenvalue weighted by atomic mass is 15.2. The summed E-state index contributed by atoms with van der Waals surface area (Å²) < 4.78 is 0. The van der Waals surface area contributed by atoms with E-state index in [2.05, 4.69) is 25.7 Å². The van der Waals surface area contributed by atoms with Gasteiger partial charge in [-0.2, -0.15) is 0 Å². The van der Waals surface area contributed by atoms with E-state index in [-0.39, 0.29) is 5.54 Å². The maximum Gasteiger partial charge on any atom is 0.0275 e. The van der Waals surface area contributed by atoms with Gasteiger partial charge in [0.05, 0.1) is 0 Å². The molecule has 0 aromatic rings.